The summed E-state index contributed by atoms with van der Waals surface area (Å²) in [5.41, 5.74) is 0.223. The van der Waals surface area contributed by atoms with E-state index in [0.29, 0.717) is 6.04 Å². The maximum atomic E-state index is 13.7. The summed E-state index contributed by atoms with van der Waals surface area (Å²) in [4.78, 5) is 42.6. The summed E-state index contributed by atoms with van der Waals surface area (Å²) >= 11 is 0. The number of carboxylic acid groups (broad SMARTS) is 1. The molecule has 0 aromatic carbocycles. The van der Waals surface area contributed by atoms with E-state index < -0.39 is 12.0 Å². The third kappa shape index (κ3) is 7.05. The highest BCUT2D eigenvalue weighted by atomic mass is 16.4. The fraction of sp³-hybridized carbons (Fsp3) is 0.808. The Bertz CT molecular complexity index is 714. The van der Waals surface area contributed by atoms with Crippen molar-refractivity contribution in [3.63, 3.8) is 0 Å². The van der Waals surface area contributed by atoms with Crippen molar-refractivity contribution >= 4 is 17.8 Å². The largest absolute Gasteiger partial charge is 0.478 e. The summed E-state index contributed by atoms with van der Waals surface area (Å²) in [6.45, 7) is 10.8. The zero-order chi connectivity index (χ0) is 24.7. The van der Waals surface area contributed by atoms with Crippen molar-refractivity contribution in [3.05, 3.63) is 11.6 Å². The second-order valence-corrected chi connectivity index (χ2v) is 10.4. The zero-order valence-electron chi connectivity index (χ0n) is 21.5. The van der Waals surface area contributed by atoms with E-state index in [4.69, 9.17) is 0 Å². The lowest BCUT2D eigenvalue weighted by Gasteiger charge is -2.40. The molecule has 1 aliphatic heterocycles. The lowest BCUT2D eigenvalue weighted by molar-refractivity contribution is -0.140. The number of nitrogens with zero attached hydrogens (tertiary/aromatic N) is 2. The molecule has 2 rings (SSSR count). The Morgan fingerprint density at radius 3 is 2.24 bits per heavy atom. The Morgan fingerprint density at radius 2 is 1.70 bits per heavy atom. The number of carboxylic acids is 1. The fourth-order valence-corrected chi connectivity index (χ4v) is 5.36. The van der Waals surface area contributed by atoms with E-state index in [0.717, 1.165) is 57.9 Å². The number of likely N-dealkylation sites (N-methyl/N-ethyl adjacent to an activating group) is 1. The van der Waals surface area contributed by atoms with Crippen LogP contribution in [0.15, 0.2) is 11.6 Å². The minimum atomic E-state index is -0.982. The number of amides is 2. The lowest BCUT2D eigenvalue weighted by Crippen LogP contribution is -2.59. The first-order valence-electron chi connectivity index (χ1n) is 12.8. The average molecular weight is 464 g/mol. The topological polar surface area (TPSA) is 90.0 Å². The maximum absolute atomic E-state index is 13.7. The number of carbonyl (C=O) groups is 3. The van der Waals surface area contributed by atoms with E-state index in [2.05, 4.69) is 24.1 Å². The van der Waals surface area contributed by atoms with Gasteiger partial charge in [0.25, 0.3) is 0 Å². The molecule has 33 heavy (non-hydrogen) atoms. The van der Waals surface area contributed by atoms with Crippen LogP contribution in [0.25, 0.3) is 0 Å². The van der Waals surface area contributed by atoms with Gasteiger partial charge in [-0.3, -0.25) is 14.5 Å². The molecular weight excluding hydrogens is 418 g/mol. The number of hydrogen-bond donors (Lipinski definition) is 2. The Balaban J connectivity index is 2.26. The summed E-state index contributed by atoms with van der Waals surface area (Å²) in [7, 11) is 1.73. The van der Waals surface area contributed by atoms with E-state index in [-0.39, 0.29) is 41.3 Å². The summed E-state index contributed by atoms with van der Waals surface area (Å²) in [6, 6.07) is -0.768. The molecule has 1 heterocycles. The number of aliphatic carboxylic acids is 1. The molecule has 0 radical (unpaired) electrons. The molecule has 0 aromatic rings. The van der Waals surface area contributed by atoms with Crippen molar-refractivity contribution < 1.29 is 19.5 Å². The third-order valence-corrected chi connectivity index (χ3v) is 7.67. The minimum Gasteiger partial charge on any atom is -0.478 e. The van der Waals surface area contributed by atoms with Gasteiger partial charge in [-0.05, 0) is 64.3 Å². The van der Waals surface area contributed by atoms with Crippen molar-refractivity contribution in [2.45, 2.75) is 110 Å². The molecule has 2 unspecified atom stereocenters. The number of likely N-dealkylation sites (tertiary alicyclic amines) is 1. The van der Waals surface area contributed by atoms with Gasteiger partial charge in [0.2, 0.25) is 11.8 Å². The van der Waals surface area contributed by atoms with Crippen LogP contribution in [0.1, 0.15) is 86.0 Å². The molecule has 2 fully saturated rings. The Morgan fingerprint density at radius 1 is 1.09 bits per heavy atom. The highest BCUT2D eigenvalue weighted by Gasteiger charge is 2.39. The standard InChI is InChI=1S/C26H45N3O4/c1-7-19(5)29-15-11-10-14-21(29)24(30)27-23(20-12-8-9-13-20)25(31)28(6)22(17(2)3)16-18(4)26(32)33/h16-17,19-23H,7-15H2,1-6H3,(H,27,30)(H,32,33)/b18-16+/t19?,21?,22-,23+/m1/s1. The lowest BCUT2D eigenvalue weighted by atomic mass is 9.93. The van der Waals surface area contributed by atoms with E-state index >= 15 is 0 Å². The molecule has 188 valence electrons. The molecule has 4 atom stereocenters. The molecule has 7 heteroatoms. The number of hydrogen-bond acceptors (Lipinski definition) is 4. The van der Waals surface area contributed by atoms with Crippen LogP contribution in [0.3, 0.4) is 0 Å². The molecule has 0 spiro atoms. The van der Waals surface area contributed by atoms with Crippen molar-refractivity contribution in [2.24, 2.45) is 11.8 Å². The van der Waals surface area contributed by atoms with Gasteiger partial charge in [-0.25, -0.2) is 4.79 Å². The molecule has 1 aliphatic carbocycles. The van der Waals surface area contributed by atoms with E-state index in [1.807, 2.05) is 13.8 Å². The molecule has 1 saturated carbocycles. The smallest absolute Gasteiger partial charge is 0.331 e. The number of rotatable bonds is 10. The van der Waals surface area contributed by atoms with Crippen LogP contribution in [0.2, 0.25) is 0 Å². The number of carbonyl (C=O) groups excluding carboxylic acids is 2. The highest BCUT2D eigenvalue weighted by molar-refractivity contribution is 5.90. The summed E-state index contributed by atoms with van der Waals surface area (Å²) < 4.78 is 0. The van der Waals surface area contributed by atoms with Crippen molar-refractivity contribution in [1.29, 1.82) is 0 Å². The van der Waals surface area contributed by atoms with Gasteiger partial charge in [0, 0.05) is 18.7 Å². The molecular formula is C26H45N3O4. The predicted molar refractivity (Wildman–Crippen MR) is 131 cm³/mol. The van der Waals surface area contributed by atoms with E-state index in [1.54, 1.807) is 24.9 Å². The van der Waals surface area contributed by atoms with E-state index in [9.17, 15) is 19.5 Å². The van der Waals surface area contributed by atoms with Crippen LogP contribution in [0, 0.1) is 11.8 Å². The third-order valence-electron chi connectivity index (χ3n) is 7.67. The molecule has 0 bridgehead atoms. The maximum Gasteiger partial charge on any atom is 0.331 e. The fourth-order valence-electron chi connectivity index (χ4n) is 5.36. The molecule has 2 amide bonds. The van der Waals surface area contributed by atoms with Crippen LogP contribution in [-0.4, -0.2) is 70.4 Å². The zero-order valence-corrected chi connectivity index (χ0v) is 21.5. The molecule has 0 aromatic heterocycles. The Hall–Kier alpha value is -1.89. The molecule has 2 aliphatic rings. The summed E-state index contributed by atoms with van der Waals surface area (Å²) in [5, 5.41) is 12.5. The van der Waals surface area contributed by atoms with Gasteiger partial charge in [0.1, 0.15) is 6.04 Å². The summed E-state index contributed by atoms with van der Waals surface area (Å²) in [6.07, 6.45) is 9.61. The first kappa shape index (κ1) is 27.4. The van der Waals surface area contributed by atoms with Crippen molar-refractivity contribution in [1.82, 2.24) is 15.1 Å². The van der Waals surface area contributed by atoms with Gasteiger partial charge >= 0.3 is 5.97 Å². The second-order valence-electron chi connectivity index (χ2n) is 10.4. The van der Waals surface area contributed by atoms with Crippen molar-refractivity contribution in [3.8, 4) is 0 Å². The van der Waals surface area contributed by atoms with Crippen LogP contribution < -0.4 is 5.32 Å². The monoisotopic (exact) mass is 463 g/mol. The number of piperidine rings is 1. The second kappa shape index (κ2) is 12.5. The predicted octanol–water partition coefficient (Wildman–Crippen LogP) is 3.83. The van der Waals surface area contributed by atoms with Gasteiger partial charge in [0.05, 0.1) is 12.1 Å². The first-order chi connectivity index (χ1) is 15.6. The summed E-state index contributed by atoms with van der Waals surface area (Å²) in [5.74, 6) is -0.958. The van der Waals surface area contributed by atoms with Gasteiger partial charge in [0.15, 0.2) is 0 Å². The minimum absolute atomic E-state index is 0.0352. The molecule has 1 saturated heterocycles. The average Bonchev–Trinajstić information content (AvgIpc) is 3.33. The van der Waals surface area contributed by atoms with Gasteiger partial charge in [-0.15, -0.1) is 0 Å². The van der Waals surface area contributed by atoms with Gasteiger partial charge in [-0.2, -0.15) is 0 Å². The molecule has 2 N–H and O–H groups in total. The first-order valence-corrected chi connectivity index (χ1v) is 12.8. The Kier molecular flexibility index (Phi) is 10.4. The van der Waals surface area contributed by atoms with Crippen LogP contribution in [-0.2, 0) is 14.4 Å². The number of nitrogens with one attached hydrogen (secondary N) is 1. The quantitative estimate of drug-likeness (QED) is 0.481. The Labute approximate surface area is 200 Å². The van der Waals surface area contributed by atoms with Crippen LogP contribution >= 0.6 is 0 Å². The van der Waals surface area contributed by atoms with Crippen LogP contribution in [0.4, 0.5) is 0 Å². The van der Waals surface area contributed by atoms with E-state index in [1.165, 1.54) is 0 Å². The van der Waals surface area contributed by atoms with Crippen LogP contribution in [0.5, 0.6) is 0 Å². The normalized spacial score (nSPS) is 23.2. The SMILES string of the molecule is CCC(C)N1CCCCC1C(=O)N[C@H](C(=O)N(C)[C@H](/C=C(\C)C(=O)O)C(C)C)C1CCCC1. The highest BCUT2D eigenvalue weighted by Crippen LogP contribution is 2.30. The van der Waals surface area contributed by atoms with Gasteiger partial charge in [-0.1, -0.05) is 46.1 Å². The molecule has 7 nitrogen and oxygen atoms in total. The van der Waals surface area contributed by atoms with Crippen molar-refractivity contribution in [2.75, 3.05) is 13.6 Å². The van der Waals surface area contributed by atoms with Gasteiger partial charge < -0.3 is 15.3 Å².